The van der Waals surface area contributed by atoms with Gasteiger partial charge in [0.15, 0.2) is 0 Å². The van der Waals surface area contributed by atoms with Crippen LogP contribution in [0, 0.1) is 0 Å². The van der Waals surface area contributed by atoms with Crippen LogP contribution in [-0.4, -0.2) is 41.4 Å². The molecule has 0 spiro atoms. The Labute approximate surface area is 161 Å². The van der Waals surface area contributed by atoms with Gasteiger partial charge in [-0.25, -0.2) is 4.79 Å². The standard InChI is InChI=1S/C23H29NO3/c1-23(2,3)27-22(26)24(4)15-20(25)21-18-11-7-5-9-16(18)13-14-17-10-6-8-12-19(17)21/h5-12,20-21,25H,13-15H2,1-4H3. The minimum atomic E-state index is -0.720. The van der Waals surface area contributed by atoms with Crippen LogP contribution in [0.4, 0.5) is 4.79 Å². The number of aryl methyl sites for hydroxylation is 2. The molecule has 1 aliphatic rings. The van der Waals surface area contributed by atoms with Crippen molar-refractivity contribution in [3.05, 3.63) is 70.8 Å². The molecule has 27 heavy (non-hydrogen) atoms. The van der Waals surface area contributed by atoms with Crippen LogP contribution in [0.25, 0.3) is 0 Å². The van der Waals surface area contributed by atoms with Gasteiger partial charge in [0.05, 0.1) is 12.6 Å². The van der Waals surface area contributed by atoms with Crippen LogP contribution in [-0.2, 0) is 17.6 Å². The number of rotatable bonds is 3. The van der Waals surface area contributed by atoms with Crippen LogP contribution in [0.2, 0.25) is 0 Å². The third-order valence-corrected chi connectivity index (χ3v) is 4.99. The van der Waals surface area contributed by atoms with Crippen molar-refractivity contribution < 1.29 is 14.6 Å². The minimum absolute atomic E-state index is 0.162. The van der Waals surface area contributed by atoms with Crippen molar-refractivity contribution in [2.24, 2.45) is 0 Å². The van der Waals surface area contributed by atoms with E-state index in [9.17, 15) is 9.90 Å². The highest BCUT2D eigenvalue weighted by atomic mass is 16.6. The Hall–Kier alpha value is -2.33. The van der Waals surface area contributed by atoms with E-state index in [1.165, 1.54) is 16.0 Å². The summed E-state index contributed by atoms with van der Waals surface area (Å²) in [7, 11) is 1.67. The van der Waals surface area contributed by atoms with Gasteiger partial charge in [0.25, 0.3) is 0 Å². The first kappa shape index (κ1) is 19.4. The maximum Gasteiger partial charge on any atom is 0.410 e. The fraction of sp³-hybridized carbons (Fsp3) is 0.435. The Morgan fingerprint density at radius 3 is 2.04 bits per heavy atom. The second-order valence-corrected chi connectivity index (χ2v) is 8.30. The highest BCUT2D eigenvalue weighted by Crippen LogP contribution is 2.36. The molecule has 1 unspecified atom stereocenters. The highest BCUT2D eigenvalue weighted by molar-refractivity contribution is 5.67. The normalized spacial score (nSPS) is 15.3. The number of benzene rings is 2. The summed E-state index contributed by atoms with van der Waals surface area (Å²) in [4.78, 5) is 13.8. The number of aliphatic hydroxyl groups is 1. The SMILES string of the molecule is CN(CC(O)C1c2ccccc2CCc2ccccc21)C(=O)OC(C)(C)C. The fourth-order valence-corrected chi connectivity index (χ4v) is 3.78. The number of likely N-dealkylation sites (N-methyl/N-ethyl adjacent to an activating group) is 1. The van der Waals surface area contributed by atoms with Crippen molar-refractivity contribution in [3.8, 4) is 0 Å². The van der Waals surface area contributed by atoms with Crippen LogP contribution in [0.5, 0.6) is 0 Å². The molecular formula is C23H29NO3. The van der Waals surface area contributed by atoms with Crippen molar-refractivity contribution in [1.82, 2.24) is 4.90 Å². The van der Waals surface area contributed by atoms with E-state index in [0.29, 0.717) is 0 Å². The van der Waals surface area contributed by atoms with Crippen molar-refractivity contribution in [2.45, 2.75) is 51.2 Å². The number of aliphatic hydroxyl groups excluding tert-OH is 1. The molecule has 4 nitrogen and oxygen atoms in total. The number of ether oxygens (including phenoxy) is 1. The number of fused-ring (bicyclic) bond motifs is 2. The van der Waals surface area contributed by atoms with E-state index in [1.807, 2.05) is 45.0 Å². The van der Waals surface area contributed by atoms with Crippen molar-refractivity contribution in [2.75, 3.05) is 13.6 Å². The lowest BCUT2D eigenvalue weighted by Gasteiger charge is -2.30. The molecule has 0 saturated carbocycles. The van der Waals surface area contributed by atoms with E-state index in [0.717, 1.165) is 24.0 Å². The highest BCUT2D eigenvalue weighted by Gasteiger charge is 2.31. The molecule has 2 aromatic rings. The molecule has 1 aliphatic carbocycles. The maximum atomic E-state index is 12.3. The third kappa shape index (κ3) is 4.51. The predicted molar refractivity (Wildman–Crippen MR) is 107 cm³/mol. The molecule has 3 rings (SSSR count). The Bertz CT molecular complexity index is 762. The van der Waals surface area contributed by atoms with Gasteiger partial charge in [-0.15, -0.1) is 0 Å². The van der Waals surface area contributed by atoms with E-state index in [-0.39, 0.29) is 12.5 Å². The van der Waals surface area contributed by atoms with E-state index >= 15 is 0 Å². The van der Waals surface area contributed by atoms with E-state index in [2.05, 4.69) is 24.3 Å². The summed E-state index contributed by atoms with van der Waals surface area (Å²) < 4.78 is 5.43. The second kappa shape index (κ2) is 7.73. The second-order valence-electron chi connectivity index (χ2n) is 8.30. The monoisotopic (exact) mass is 367 g/mol. The van der Waals surface area contributed by atoms with Gasteiger partial charge in [-0.3, -0.25) is 0 Å². The van der Waals surface area contributed by atoms with Crippen LogP contribution >= 0.6 is 0 Å². The molecule has 0 bridgehead atoms. The molecule has 1 amide bonds. The van der Waals surface area contributed by atoms with E-state index < -0.39 is 17.8 Å². The van der Waals surface area contributed by atoms with Gasteiger partial charge in [-0.2, -0.15) is 0 Å². The molecule has 1 atom stereocenters. The first-order chi connectivity index (χ1) is 12.8. The fourth-order valence-electron chi connectivity index (χ4n) is 3.78. The Balaban J connectivity index is 1.89. The number of carbonyl (C=O) groups is 1. The molecule has 0 aromatic heterocycles. The Kier molecular flexibility index (Phi) is 5.56. The summed E-state index contributed by atoms with van der Waals surface area (Å²) in [6, 6.07) is 16.6. The molecule has 144 valence electrons. The van der Waals surface area contributed by atoms with Crippen LogP contribution in [0.15, 0.2) is 48.5 Å². The lowest BCUT2D eigenvalue weighted by atomic mass is 9.84. The Morgan fingerprint density at radius 1 is 1.07 bits per heavy atom. The zero-order valence-corrected chi connectivity index (χ0v) is 16.6. The molecule has 0 saturated heterocycles. The molecule has 0 heterocycles. The van der Waals surface area contributed by atoms with Crippen LogP contribution < -0.4 is 0 Å². The van der Waals surface area contributed by atoms with Crippen molar-refractivity contribution in [1.29, 1.82) is 0 Å². The number of carbonyl (C=O) groups excluding carboxylic acids is 1. The maximum absolute atomic E-state index is 12.3. The summed E-state index contributed by atoms with van der Waals surface area (Å²) in [6.07, 6.45) is 0.774. The first-order valence-corrected chi connectivity index (χ1v) is 9.54. The molecule has 0 fully saturated rings. The molecule has 2 aromatic carbocycles. The molecule has 1 N–H and O–H groups in total. The molecule has 0 radical (unpaired) electrons. The zero-order chi connectivity index (χ0) is 19.6. The van der Waals surface area contributed by atoms with Gasteiger partial charge in [-0.05, 0) is 55.9 Å². The largest absolute Gasteiger partial charge is 0.444 e. The summed E-state index contributed by atoms with van der Waals surface area (Å²) in [5, 5.41) is 11.2. The summed E-state index contributed by atoms with van der Waals surface area (Å²) in [5.74, 6) is -0.162. The smallest absolute Gasteiger partial charge is 0.410 e. The number of nitrogens with zero attached hydrogens (tertiary/aromatic N) is 1. The quantitative estimate of drug-likeness (QED) is 0.887. The predicted octanol–water partition coefficient (Wildman–Crippen LogP) is 4.14. The average molecular weight is 367 g/mol. The molecule has 4 heteroatoms. The lowest BCUT2D eigenvalue weighted by molar-refractivity contribution is 0.0192. The van der Waals surface area contributed by atoms with Gasteiger partial charge in [0.2, 0.25) is 0 Å². The average Bonchev–Trinajstić information content (AvgIpc) is 2.77. The number of amides is 1. The van der Waals surface area contributed by atoms with Gasteiger partial charge in [0.1, 0.15) is 5.60 Å². The summed E-state index contributed by atoms with van der Waals surface area (Å²) in [5.41, 5.74) is 4.26. The molecular weight excluding hydrogens is 338 g/mol. The van der Waals surface area contributed by atoms with Gasteiger partial charge < -0.3 is 14.7 Å². The first-order valence-electron chi connectivity index (χ1n) is 9.54. The minimum Gasteiger partial charge on any atom is -0.444 e. The van der Waals surface area contributed by atoms with Gasteiger partial charge in [0, 0.05) is 13.0 Å². The van der Waals surface area contributed by atoms with E-state index in [1.54, 1.807) is 7.05 Å². The van der Waals surface area contributed by atoms with Crippen molar-refractivity contribution in [3.63, 3.8) is 0 Å². The molecule has 0 aliphatic heterocycles. The van der Waals surface area contributed by atoms with Crippen LogP contribution in [0.3, 0.4) is 0 Å². The Morgan fingerprint density at radius 2 is 1.56 bits per heavy atom. The van der Waals surface area contributed by atoms with Gasteiger partial charge >= 0.3 is 6.09 Å². The van der Waals surface area contributed by atoms with Crippen molar-refractivity contribution >= 4 is 6.09 Å². The van der Waals surface area contributed by atoms with Gasteiger partial charge in [-0.1, -0.05) is 48.5 Å². The number of hydrogen-bond acceptors (Lipinski definition) is 3. The number of hydrogen-bond donors (Lipinski definition) is 1. The lowest BCUT2D eigenvalue weighted by Crippen LogP contribution is -2.40. The zero-order valence-electron chi connectivity index (χ0n) is 16.6. The summed E-state index contributed by atoms with van der Waals surface area (Å²) in [6.45, 7) is 5.73. The van der Waals surface area contributed by atoms with Crippen LogP contribution in [0.1, 0.15) is 48.9 Å². The topological polar surface area (TPSA) is 49.8 Å². The summed E-state index contributed by atoms with van der Waals surface area (Å²) >= 11 is 0. The van der Waals surface area contributed by atoms with E-state index in [4.69, 9.17) is 4.74 Å². The third-order valence-electron chi connectivity index (χ3n) is 4.99.